The number of hydrogen-bond acceptors (Lipinski definition) is 5. The average molecular weight is 459 g/mol. The van der Waals surface area contributed by atoms with Crippen LogP contribution in [-0.2, 0) is 4.74 Å². The van der Waals surface area contributed by atoms with Crippen LogP contribution in [0.5, 0.6) is 0 Å². The number of halogens is 2. The number of carbonyl (C=O) groups is 1. The fourth-order valence-electron chi connectivity index (χ4n) is 3.90. The maximum Gasteiger partial charge on any atom is 0.411 e. The molecule has 3 aromatic rings. The van der Waals surface area contributed by atoms with Crippen molar-refractivity contribution in [3.8, 4) is 5.69 Å². The molecule has 0 aliphatic carbocycles. The lowest BCUT2D eigenvalue weighted by atomic mass is 10.1. The van der Waals surface area contributed by atoms with E-state index in [9.17, 15) is 14.0 Å². The number of rotatable bonds is 2. The summed E-state index contributed by atoms with van der Waals surface area (Å²) in [6.45, 7) is 5.06. The molecule has 1 saturated heterocycles. The first-order valence-corrected chi connectivity index (χ1v) is 10.6. The number of fused-ring (bicyclic) bond motifs is 1. The maximum atomic E-state index is 14.6. The number of likely N-dealkylation sites (tertiary alicyclic amines) is 1. The van der Waals surface area contributed by atoms with Crippen molar-refractivity contribution in [2.24, 2.45) is 0 Å². The van der Waals surface area contributed by atoms with E-state index in [4.69, 9.17) is 22.1 Å². The van der Waals surface area contributed by atoms with Crippen molar-refractivity contribution in [1.29, 1.82) is 0 Å². The molecule has 0 radical (unpaired) electrons. The Hall–Kier alpha value is -3.13. The Labute approximate surface area is 189 Å². The van der Waals surface area contributed by atoms with Crippen molar-refractivity contribution in [2.75, 3.05) is 12.3 Å². The first kappa shape index (κ1) is 22.1. The highest BCUT2D eigenvalue weighted by Gasteiger charge is 2.41. The van der Waals surface area contributed by atoms with Gasteiger partial charge in [-0.3, -0.25) is 14.3 Å². The zero-order chi connectivity index (χ0) is 23.2. The molecule has 9 heteroatoms. The summed E-state index contributed by atoms with van der Waals surface area (Å²) < 4.78 is 21.4. The van der Waals surface area contributed by atoms with Crippen LogP contribution < -0.4 is 11.3 Å². The second-order valence-corrected chi connectivity index (χ2v) is 9.23. The molecular formula is C23H24ClFN4O3. The van der Waals surface area contributed by atoms with E-state index in [-0.39, 0.29) is 29.2 Å². The number of nitrogens with zero attached hydrogens (tertiary/aromatic N) is 3. The smallest absolute Gasteiger partial charge is 0.411 e. The van der Waals surface area contributed by atoms with Crippen LogP contribution in [0.2, 0.25) is 5.02 Å². The third-order valence-electron chi connectivity index (χ3n) is 5.18. The number of amides is 1. The summed E-state index contributed by atoms with van der Waals surface area (Å²) in [5, 5.41) is 0.488. The summed E-state index contributed by atoms with van der Waals surface area (Å²) in [6, 6.07) is 10.9. The first-order valence-electron chi connectivity index (χ1n) is 10.3. The fourth-order valence-corrected chi connectivity index (χ4v) is 4.15. The maximum absolute atomic E-state index is 14.6. The van der Waals surface area contributed by atoms with Crippen molar-refractivity contribution in [1.82, 2.24) is 14.5 Å². The van der Waals surface area contributed by atoms with Crippen LogP contribution in [0.3, 0.4) is 0 Å². The molecule has 4 rings (SSSR count). The number of hydrogen-bond donors (Lipinski definition) is 1. The lowest BCUT2D eigenvalue weighted by Crippen LogP contribution is -2.39. The molecule has 2 heterocycles. The Kier molecular flexibility index (Phi) is 5.58. The van der Waals surface area contributed by atoms with Crippen LogP contribution >= 0.6 is 11.6 Å². The molecule has 1 aromatic heterocycles. The third kappa shape index (κ3) is 4.14. The van der Waals surface area contributed by atoms with Crippen LogP contribution in [0.4, 0.5) is 14.9 Å². The minimum atomic E-state index is -1.28. The Morgan fingerprint density at radius 2 is 1.97 bits per heavy atom. The van der Waals surface area contributed by atoms with Gasteiger partial charge in [0.05, 0.1) is 34.2 Å². The monoisotopic (exact) mass is 458 g/mol. The lowest BCUT2D eigenvalue weighted by Gasteiger charge is -2.29. The summed E-state index contributed by atoms with van der Waals surface area (Å²) in [5.74, 6) is 0.223. The number of alkyl halides is 1. The van der Waals surface area contributed by atoms with Crippen molar-refractivity contribution < 1.29 is 13.9 Å². The van der Waals surface area contributed by atoms with E-state index in [0.717, 1.165) is 0 Å². The van der Waals surface area contributed by atoms with Gasteiger partial charge in [-0.2, -0.15) is 0 Å². The zero-order valence-corrected chi connectivity index (χ0v) is 18.8. The number of nitrogens with two attached hydrogens (primary N) is 1. The summed E-state index contributed by atoms with van der Waals surface area (Å²) >= 11 is 6.32. The minimum Gasteiger partial charge on any atom is -0.444 e. The molecule has 2 atom stereocenters. The van der Waals surface area contributed by atoms with E-state index in [2.05, 4.69) is 4.98 Å². The molecule has 1 amide bonds. The van der Waals surface area contributed by atoms with Crippen molar-refractivity contribution >= 4 is 34.3 Å². The molecule has 2 aromatic carbocycles. The molecule has 1 fully saturated rings. The van der Waals surface area contributed by atoms with Gasteiger partial charge in [0.25, 0.3) is 5.56 Å². The van der Waals surface area contributed by atoms with Crippen LogP contribution in [0.1, 0.15) is 39.1 Å². The Morgan fingerprint density at radius 3 is 2.66 bits per heavy atom. The molecule has 0 spiro atoms. The second-order valence-electron chi connectivity index (χ2n) is 8.82. The van der Waals surface area contributed by atoms with E-state index in [1.165, 1.54) is 9.47 Å². The second kappa shape index (κ2) is 8.09. The van der Waals surface area contributed by atoms with Crippen LogP contribution in [0, 0.1) is 0 Å². The predicted molar refractivity (Wildman–Crippen MR) is 122 cm³/mol. The molecular weight excluding hydrogens is 435 g/mol. The number of nitrogen functional groups attached to an aromatic ring is 1. The van der Waals surface area contributed by atoms with Crippen molar-refractivity contribution in [3.05, 3.63) is 63.7 Å². The number of aromatic nitrogens is 2. The molecule has 2 N–H and O–H groups in total. The largest absolute Gasteiger partial charge is 0.444 e. The predicted octanol–water partition coefficient (Wildman–Crippen LogP) is 4.64. The normalized spacial score (nSPS) is 18.8. The van der Waals surface area contributed by atoms with Crippen molar-refractivity contribution in [3.63, 3.8) is 0 Å². The molecule has 1 aliphatic rings. The Morgan fingerprint density at radius 1 is 1.25 bits per heavy atom. The Bertz CT molecular complexity index is 1250. The number of benzene rings is 2. The van der Waals surface area contributed by atoms with Gasteiger partial charge in [-0.15, -0.1) is 0 Å². The van der Waals surface area contributed by atoms with Gasteiger partial charge in [-0.05, 0) is 51.1 Å². The van der Waals surface area contributed by atoms with Crippen LogP contribution in [-0.4, -0.2) is 38.9 Å². The highest BCUT2D eigenvalue weighted by molar-refractivity contribution is 6.35. The average Bonchev–Trinajstić information content (AvgIpc) is 3.08. The van der Waals surface area contributed by atoms with Gasteiger partial charge in [0.1, 0.15) is 17.6 Å². The van der Waals surface area contributed by atoms with E-state index in [1.807, 2.05) is 0 Å². The molecule has 2 unspecified atom stereocenters. The number of ether oxygens (including phenoxy) is 1. The topological polar surface area (TPSA) is 90.5 Å². The van der Waals surface area contributed by atoms with Gasteiger partial charge in [-0.1, -0.05) is 23.7 Å². The molecule has 7 nitrogen and oxygen atoms in total. The van der Waals surface area contributed by atoms with Gasteiger partial charge >= 0.3 is 6.09 Å². The minimum absolute atomic E-state index is 0.0138. The van der Waals surface area contributed by atoms with Gasteiger partial charge in [0, 0.05) is 12.1 Å². The summed E-state index contributed by atoms with van der Waals surface area (Å²) in [6.07, 6.45) is -1.96. The number of anilines is 1. The quantitative estimate of drug-likeness (QED) is 0.565. The van der Waals surface area contributed by atoms with Crippen molar-refractivity contribution in [2.45, 2.75) is 45.0 Å². The molecule has 1 aliphatic heterocycles. The Balaban J connectivity index is 1.95. The highest BCUT2D eigenvalue weighted by Crippen LogP contribution is 2.35. The van der Waals surface area contributed by atoms with E-state index in [1.54, 1.807) is 63.2 Å². The molecule has 0 bridgehead atoms. The summed E-state index contributed by atoms with van der Waals surface area (Å²) in [4.78, 5) is 32.4. The standard InChI is InChI=1S/C23H24ClFN4O3/c1-23(2,3)32-22(31)28-12-13(25)10-18(28)20-27-17-9-5-8-16(24)19(17)21(30)29(20)15-7-4-6-14(26)11-15/h4-9,11,13,18H,10,12,26H2,1-3H3. The van der Waals surface area contributed by atoms with Gasteiger partial charge < -0.3 is 10.5 Å². The number of carbonyl (C=O) groups excluding carboxylic acids is 1. The fraction of sp³-hybridized carbons (Fsp3) is 0.348. The summed E-state index contributed by atoms with van der Waals surface area (Å²) in [7, 11) is 0. The van der Waals surface area contributed by atoms with E-state index >= 15 is 0 Å². The van der Waals surface area contributed by atoms with Gasteiger partial charge in [-0.25, -0.2) is 14.2 Å². The SMILES string of the molecule is CC(C)(C)OC(=O)N1CC(F)CC1c1nc2cccc(Cl)c2c(=O)n1-c1cccc(N)c1. The van der Waals surface area contributed by atoms with Gasteiger partial charge in [0.2, 0.25) is 0 Å². The molecule has 0 saturated carbocycles. The van der Waals surface area contributed by atoms with Crippen LogP contribution in [0.25, 0.3) is 16.6 Å². The zero-order valence-electron chi connectivity index (χ0n) is 18.0. The highest BCUT2D eigenvalue weighted by atomic mass is 35.5. The first-order chi connectivity index (χ1) is 15.0. The van der Waals surface area contributed by atoms with Gasteiger partial charge in [0.15, 0.2) is 0 Å². The van der Waals surface area contributed by atoms with E-state index < -0.39 is 29.5 Å². The lowest BCUT2D eigenvalue weighted by molar-refractivity contribution is 0.0209. The molecule has 32 heavy (non-hydrogen) atoms. The third-order valence-corrected chi connectivity index (χ3v) is 5.49. The molecule has 168 valence electrons. The summed E-state index contributed by atoms with van der Waals surface area (Å²) in [5.41, 5.74) is 6.03. The van der Waals surface area contributed by atoms with Crippen LogP contribution in [0.15, 0.2) is 47.3 Å². The van der Waals surface area contributed by atoms with E-state index in [0.29, 0.717) is 16.9 Å².